The summed E-state index contributed by atoms with van der Waals surface area (Å²) < 4.78 is 0. The van der Waals surface area contributed by atoms with E-state index in [1.165, 1.54) is 6.42 Å². The van der Waals surface area contributed by atoms with E-state index in [1.807, 2.05) is 0 Å². The summed E-state index contributed by atoms with van der Waals surface area (Å²) >= 11 is 0. The van der Waals surface area contributed by atoms with Crippen molar-refractivity contribution in [3.63, 3.8) is 0 Å². The summed E-state index contributed by atoms with van der Waals surface area (Å²) in [6, 6.07) is -0.0222. The third-order valence-corrected chi connectivity index (χ3v) is 6.03. The Morgan fingerprint density at radius 3 is 2.23 bits per heavy atom. The Labute approximate surface area is 135 Å². The van der Waals surface area contributed by atoms with E-state index >= 15 is 0 Å². The molecule has 0 radical (unpaired) electrons. The summed E-state index contributed by atoms with van der Waals surface area (Å²) in [6.45, 7) is 12.7. The molecule has 4 nitrogen and oxygen atoms in total. The molecule has 0 aromatic carbocycles. The molecule has 2 rings (SSSR count). The van der Waals surface area contributed by atoms with Gasteiger partial charge >= 0.3 is 0 Å². The van der Waals surface area contributed by atoms with Crippen LogP contribution in [0.1, 0.15) is 53.4 Å². The van der Waals surface area contributed by atoms with Crippen LogP contribution in [0.25, 0.3) is 0 Å². The fraction of sp³-hybridized carbons (Fsp3) is 0.944. The van der Waals surface area contributed by atoms with E-state index in [9.17, 15) is 9.90 Å². The molecule has 3 atom stereocenters. The lowest BCUT2D eigenvalue weighted by atomic mass is 9.76. The molecule has 2 saturated heterocycles. The van der Waals surface area contributed by atoms with E-state index in [0.717, 1.165) is 45.4 Å². The lowest BCUT2D eigenvalue weighted by molar-refractivity contribution is -0.140. The molecule has 0 aliphatic carbocycles. The zero-order valence-corrected chi connectivity index (χ0v) is 14.8. The van der Waals surface area contributed by atoms with E-state index in [-0.39, 0.29) is 18.1 Å². The zero-order chi connectivity index (χ0) is 16.3. The normalized spacial score (nSPS) is 31.0. The Morgan fingerprint density at radius 2 is 1.77 bits per heavy atom. The highest BCUT2D eigenvalue weighted by Gasteiger charge is 2.37. The molecule has 0 saturated carbocycles. The van der Waals surface area contributed by atoms with Crippen molar-refractivity contribution in [1.29, 1.82) is 0 Å². The van der Waals surface area contributed by atoms with Crippen LogP contribution in [0.5, 0.6) is 0 Å². The van der Waals surface area contributed by atoms with Gasteiger partial charge < -0.3 is 10.0 Å². The van der Waals surface area contributed by atoms with Gasteiger partial charge in [0.15, 0.2) is 0 Å². The van der Waals surface area contributed by atoms with Gasteiger partial charge in [0.05, 0.1) is 6.04 Å². The highest BCUT2D eigenvalue weighted by atomic mass is 16.3. The SMILES string of the molecule is CCC1(CO)CCN(C(C)C(=O)N2CC(C)CC(C)C2)CC1. The monoisotopic (exact) mass is 310 g/mol. The first-order chi connectivity index (χ1) is 10.4. The van der Waals surface area contributed by atoms with Crippen LogP contribution in [0, 0.1) is 17.3 Å². The van der Waals surface area contributed by atoms with Gasteiger partial charge in [0.25, 0.3) is 0 Å². The number of nitrogens with zero attached hydrogens (tertiary/aromatic N) is 2. The first kappa shape index (κ1) is 17.7. The largest absolute Gasteiger partial charge is 0.396 e. The fourth-order valence-corrected chi connectivity index (χ4v) is 4.27. The molecule has 3 unspecified atom stereocenters. The molecular weight excluding hydrogens is 276 g/mol. The minimum absolute atomic E-state index is 0.0222. The lowest BCUT2D eigenvalue weighted by Crippen LogP contribution is -2.54. The van der Waals surface area contributed by atoms with Gasteiger partial charge in [-0.3, -0.25) is 9.69 Å². The number of hydrogen-bond donors (Lipinski definition) is 1. The van der Waals surface area contributed by atoms with Crippen LogP contribution >= 0.6 is 0 Å². The summed E-state index contributed by atoms with van der Waals surface area (Å²) in [4.78, 5) is 17.2. The number of carbonyl (C=O) groups is 1. The number of amides is 1. The predicted molar refractivity (Wildman–Crippen MR) is 89.6 cm³/mol. The number of carbonyl (C=O) groups excluding carboxylic acids is 1. The van der Waals surface area contributed by atoms with Crippen LogP contribution < -0.4 is 0 Å². The molecule has 0 bridgehead atoms. The fourth-order valence-electron chi connectivity index (χ4n) is 4.27. The maximum atomic E-state index is 12.8. The molecule has 1 amide bonds. The van der Waals surface area contributed by atoms with Gasteiger partial charge in [-0.05, 0) is 62.9 Å². The predicted octanol–water partition coefficient (Wildman–Crippen LogP) is 2.36. The average molecular weight is 310 g/mol. The number of rotatable bonds is 4. The molecule has 2 aliphatic rings. The van der Waals surface area contributed by atoms with Crippen molar-refractivity contribution in [2.45, 2.75) is 59.4 Å². The number of piperidine rings is 2. The number of likely N-dealkylation sites (tertiary alicyclic amines) is 2. The second kappa shape index (κ2) is 7.31. The van der Waals surface area contributed by atoms with Crippen LogP contribution in [0.4, 0.5) is 0 Å². The molecule has 0 aromatic heterocycles. The van der Waals surface area contributed by atoms with Crippen molar-refractivity contribution < 1.29 is 9.90 Å². The van der Waals surface area contributed by atoms with E-state index in [2.05, 4.69) is 37.5 Å². The topological polar surface area (TPSA) is 43.8 Å². The average Bonchev–Trinajstić information content (AvgIpc) is 2.52. The molecule has 2 aliphatic heterocycles. The quantitative estimate of drug-likeness (QED) is 0.867. The third-order valence-electron chi connectivity index (χ3n) is 6.03. The summed E-state index contributed by atoms with van der Waals surface area (Å²) in [7, 11) is 0. The molecule has 0 aromatic rings. The smallest absolute Gasteiger partial charge is 0.239 e. The van der Waals surface area contributed by atoms with Crippen molar-refractivity contribution in [3.8, 4) is 0 Å². The Balaban J connectivity index is 1.92. The third kappa shape index (κ3) is 3.83. The van der Waals surface area contributed by atoms with Crippen molar-refractivity contribution >= 4 is 5.91 Å². The van der Waals surface area contributed by atoms with E-state index in [4.69, 9.17) is 0 Å². The van der Waals surface area contributed by atoms with Crippen molar-refractivity contribution in [2.24, 2.45) is 17.3 Å². The van der Waals surface area contributed by atoms with Crippen molar-refractivity contribution in [2.75, 3.05) is 32.8 Å². The first-order valence-corrected chi connectivity index (χ1v) is 9.04. The Morgan fingerprint density at radius 1 is 1.23 bits per heavy atom. The summed E-state index contributed by atoms with van der Waals surface area (Å²) in [6.07, 6.45) is 4.27. The van der Waals surface area contributed by atoms with Crippen molar-refractivity contribution in [3.05, 3.63) is 0 Å². The zero-order valence-electron chi connectivity index (χ0n) is 14.8. The molecule has 128 valence electrons. The van der Waals surface area contributed by atoms with Gasteiger partial charge in [-0.25, -0.2) is 0 Å². The van der Waals surface area contributed by atoms with Crippen LogP contribution in [0.15, 0.2) is 0 Å². The Bertz CT molecular complexity index is 361. The van der Waals surface area contributed by atoms with Gasteiger partial charge in [0.1, 0.15) is 0 Å². The molecule has 2 heterocycles. The second-order valence-corrected chi connectivity index (χ2v) is 7.91. The molecule has 22 heavy (non-hydrogen) atoms. The second-order valence-electron chi connectivity index (χ2n) is 7.91. The Kier molecular flexibility index (Phi) is 5.89. The van der Waals surface area contributed by atoms with Crippen LogP contribution in [-0.2, 0) is 4.79 Å². The molecular formula is C18H34N2O2. The number of hydrogen-bond acceptors (Lipinski definition) is 3. The number of aliphatic hydroxyl groups is 1. The summed E-state index contributed by atoms with van der Waals surface area (Å²) in [5, 5.41) is 9.64. The molecule has 0 spiro atoms. The summed E-state index contributed by atoms with van der Waals surface area (Å²) in [5.41, 5.74) is 0.0907. The maximum Gasteiger partial charge on any atom is 0.239 e. The Hall–Kier alpha value is -0.610. The minimum Gasteiger partial charge on any atom is -0.396 e. The first-order valence-electron chi connectivity index (χ1n) is 9.04. The van der Waals surface area contributed by atoms with E-state index < -0.39 is 0 Å². The van der Waals surface area contributed by atoms with Gasteiger partial charge in [0, 0.05) is 19.7 Å². The van der Waals surface area contributed by atoms with E-state index in [0.29, 0.717) is 17.7 Å². The lowest BCUT2D eigenvalue weighted by Gasteiger charge is -2.44. The van der Waals surface area contributed by atoms with Crippen LogP contribution in [-0.4, -0.2) is 59.6 Å². The standard InChI is InChI=1S/C18H34N2O2/c1-5-18(13-21)6-8-19(9-7-18)16(4)17(22)20-11-14(2)10-15(3)12-20/h14-16,21H,5-13H2,1-4H3. The van der Waals surface area contributed by atoms with Gasteiger partial charge in [0.2, 0.25) is 5.91 Å². The molecule has 4 heteroatoms. The van der Waals surface area contributed by atoms with Crippen LogP contribution in [0.3, 0.4) is 0 Å². The van der Waals surface area contributed by atoms with Crippen molar-refractivity contribution in [1.82, 2.24) is 9.80 Å². The highest BCUT2D eigenvalue weighted by molar-refractivity contribution is 5.81. The number of aliphatic hydroxyl groups excluding tert-OH is 1. The van der Waals surface area contributed by atoms with Gasteiger partial charge in [-0.1, -0.05) is 20.8 Å². The molecule has 2 fully saturated rings. The summed E-state index contributed by atoms with van der Waals surface area (Å²) in [5.74, 6) is 1.53. The minimum atomic E-state index is -0.0222. The van der Waals surface area contributed by atoms with Crippen LogP contribution in [0.2, 0.25) is 0 Å². The van der Waals surface area contributed by atoms with Gasteiger partial charge in [-0.15, -0.1) is 0 Å². The highest BCUT2D eigenvalue weighted by Crippen LogP contribution is 2.35. The molecule has 1 N–H and O–H groups in total. The van der Waals surface area contributed by atoms with Gasteiger partial charge in [-0.2, -0.15) is 0 Å². The maximum absolute atomic E-state index is 12.8. The van der Waals surface area contributed by atoms with E-state index in [1.54, 1.807) is 0 Å².